The number of aliphatic carboxylic acids is 1. The molecular formula is C10H10N4O5S. The summed E-state index contributed by atoms with van der Waals surface area (Å²) in [6.45, 7) is -1.20. The zero-order valence-corrected chi connectivity index (χ0v) is 10.8. The van der Waals surface area contributed by atoms with Crippen molar-refractivity contribution in [1.29, 1.82) is 5.26 Å². The number of hydrogen-bond donors (Lipinski definition) is 3. The average Bonchev–Trinajstić information content (AvgIpc) is 2.43. The first-order valence-corrected chi connectivity index (χ1v) is 6.68. The van der Waals surface area contributed by atoms with Gasteiger partial charge in [0.05, 0.1) is 6.54 Å². The highest BCUT2D eigenvalue weighted by atomic mass is 32.2. The molecule has 0 aliphatic rings. The highest BCUT2D eigenvalue weighted by Crippen LogP contribution is 2.06. The molecule has 0 aliphatic heterocycles. The molecule has 106 valence electrons. The molecule has 1 heterocycles. The molecule has 20 heavy (non-hydrogen) atoms. The van der Waals surface area contributed by atoms with Gasteiger partial charge >= 0.3 is 5.97 Å². The number of carboxylic acid groups (broad SMARTS) is 1. The Bertz CT molecular complexity index is 647. The van der Waals surface area contributed by atoms with Crippen LogP contribution in [0, 0.1) is 11.3 Å². The smallest absolute Gasteiger partial charge is 0.322 e. The van der Waals surface area contributed by atoms with Crippen LogP contribution in [0.25, 0.3) is 0 Å². The zero-order chi connectivity index (χ0) is 15.2. The monoisotopic (exact) mass is 298 g/mol. The van der Waals surface area contributed by atoms with Crippen LogP contribution in [0.1, 0.15) is 5.69 Å². The van der Waals surface area contributed by atoms with Gasteiger partial charge in [0.2, 0.25) is 15.9 Å². The lowest BCUT2D eigenvalue weighted by Crippen LogP contribution is -2.39. The Labute approximate surface area is 114 Å². The second-order valence-corrected chi connectivity index (χ2v) is 5.25. The van der Waals surface area contributed by atoms with Gasteiger partial charge in [-0.25, -0.2) is 18.1 Å². The summed E-state index contributed by atoms with van der Waals surface area (Å²) in [4.78, 5) is 24.8. The molecule has 0 radical (unpaired) electrons. The average molecular weight is 298 g/mol. The summed E-state index contributed by atoms with van der Waals surface area (Å²) in [5.41, 5.74) is 0.0585. The van der Waals surface area contributed by atoms with Crippen molar-refractivity contribution in [2.45, 2.75) is 4.90 Å². The third kappa shape index (κ3) is 4.63. The van der Waals surface area contributed by atoms with Crippen molar-refractivity contribution >= 4 is 21.9 Å². The summed E-state index contributed by atoms with van der Waals surface area (Å²) in [5.74, 6) is -2.02. The molecule has 9 nitrogen and oxygen atoms in total. The molecule has 0 bridgehead atoms. The van der Waals surface area contributed by atoms with E-state index in [2.05, 4.69) is 4.98 Å². The zero-order valence-electron chi connectivity index (χ0n) is 10.0. The van der Waals surface area contributed by atoms with E-state index in [0.717, 1.165) is 6.20 Å². The Kier molecular flexibility index (Phi) is 5.13. The number of hydrogen-bond acceptors (Lipinski definition) is 6. The number of carbonyl (C=O) groups is 2. The number of carboxylic acids is 1. The number of rotatable bonds is 6. The van der Waals surface area contributed by atoms with Crippen molar-refractivity contribution in [1.82, 2.24) is 15.0 Å². The number of nitrogens with one attached hydrogen (secondary N) is 2. The SMILES string of the molecule is N#Cc1ccc(S(=O)(=O)NCC(=O)NCC(=O)O)cn1. The van der Waals surface area contributed by atoms with Gasteiger partial charge in [0, 0.05) is 6.20 Å². The third-order valence-electron chi connectivity index (χ3n) is 2.02. The van der Waals surface area contributed by atoms with E-state index in [-0.39, 0.29) is 10.6 Å². The molecule has 0 spiro atoms. The highest BCUT2D eigenvalue weighted by molar-refractivity contribution is 7.89. The lowest BCUT2D eigenvalue weighted by Gasteiger charge is -2.06. The molecule has 1 aromatic heterocycles. The number of carbonyl (C=O) groups excluding carboxylic acids is 1. The van der Waals surface area contributed by atoms with Gasteiger partial charge in [0.15, 0.2) is 0 Å². The van der Waals surface area contributed by atoms with Gasteiger partial charge in [-0.1, -0.05) is 0 Å². The molecule has 3 N–H and O–H groups in total. The van der Waals surface area contributed by atoms with Crippen molar-refractivity contribution in [3.8, 4) is 6.07 Å². The maximum atomic E-state index is 11.7. The fraction of sp³-hybridized carbons (Fsp3) is 0.200. The van der Waals surface area contributed by atoms with Gasteiger partial charge in [0.1, 0.15) is 23.2 Å². The molecule has 0 aromatic carbocycles. The first-order chi connectivity index (χ1) is 9.35. The molecule has 0 unspecified atom stereocenters. The van der Waals surface area contributed by atoms with Crippen LogP contribution in [-0.4, -0.2) is 43.5 Å². The Hall–Kier alpha value is -2.51. The predicted octanol–water partition coefficient (Wildman–Crippen LogP) is -1.57. The van der Waals surface area contributed by atoms with Crippen molar-refractivity contribution in [3.05, 3.63) is 24.0 Å². The molecule has 0 saturated carbocycles. The lowest BCUT2D eigenvalue weighted by molar-refractivity contribution is -0.137. The van der Waals surface area contributed by atoms with Crippen LogP contribution in [0.3, 0.4) is 0 Å². The van der Waals surface area contributed by atoms with Gasteiger partial charge in [-0.05, 0) is 12.1 Å². The number of sulfonamides is 1. The van der Waals surface area contributed by atoms with Crippen LogP contribution < -0.4 is 10.0 Å². The quantitative estimate of drug-likeness (QED) is 0.574. The maximum absolute atomic E-state index is 11.7. The van der Waals surface area contributed by atoms with E-state index in [4.69, 9.17) is 10.4 Å². The van der Waals surface area contributed by atoms with E-state index in [9.17, 15) is 18.0 Å². The Balaban J connectivity index is 2.63. The van der Waals surface area contributed by atoms with Gasteiger partial charge < -0.3 is 10.4 Å². The van der Waals surface area contributed by atoms with Gasteiger partial charge in [-0.3, -0.25) is 9.59 Å². The molecular weight excluding hydrogens is 288 g/mol. The van der Waals surface area contributed by atoms with Crippen molar-refractivity contribution < 1.29 is 23.1 Å². The molecule has 0 aliphatic carbocycles. The van der Waals surface area contributed by atoms with Crippen molar-refractivity contribution in [2.75, 3.05) is 13.1 Å². The second kappa shape index (κ2) is 6.60. The topological polar surface area (TPSA) is 149 Å². The standard InChI is InChI=1S/C10H10N4O5S/c11-3-7-1-2-8(4-12-7)20(18,19)14-5-9(15)13-6-10(16)17/h1-2,4,14H,5-6H2,(H,13,15)(H,16,17). The van der Waals surface area contributed by atoms with E-state index in [0.29, 0.717) is 0 Å². The summed E-state index contributed by atoms with van der Waals surface area (Å²) < 4.78 is 25.5. The van der Waals surface area contributed by atoms with Gasteiger partial charge in [0.25, 0.3) is 0 Å². The van der Waals surface area contributed by atoms with Crippen molar-refractivity contribution in [3.63, 3.8) is 0 Å². The molecule has 0 atom stereocenters. The minimum Gasteiger partial charge on any atom is -0.480 e. The Morgan fingerprint density at radius 2 is 2.05 bits per heavy atom. The number of amides is 1. The van der Waals surface area contributed by atoms with E-state index < -0.39 is 35.0 Å². The van der Waals surface area contributed by atoms with Crippen LogP contribution in [0.4, 0.5) is 0 Å². The van der Waals surface area contributed by atoms with Crippen LogP contribution >= 0.6 is 0 Å². The number of nitrogens with zero attached hydrogens (tertiary/aromatic N) is 2. The third-order valence-corrected chi connectivity index (χ3v) is 3.41. The summed E-state index contributed by atoms with van der Waals surface area (Å²) in [6, 6.07) is 4.13. The molecule has 0 saturated heterocycles. The molecule has 1 amide bonds. The minimum atomic E-state index is -3.95. The maximum Gasteiger partial charge on any atom is 0.322 e. The Morgan fingerprint density at radius 1 is 1.35 bits per heavy atom. The second-order valence-electron chi connectivity index (χ2n) is 3.49. The first-order valence-electron chi connectivity index (χ1n) is 5.19. The number of pyridine rings is 1. The van der Waals surface area contributed by atoms with E-state index >= 15 is 0 Å². The van der Waals surface area contributed by atoms with Crippen LogP contribution in [-0.2, 0) is 19.6 Å². The number of nitriles is 1. The van der Waals surface area contributed by atoms with Crippen LogP contribution in [0.15, 0.2) is 23.2 Å². The minimum absolute atomic E-state index is 0.0585. The normalized spacial score (nSPS) is 10.6. The van der Waals surface area contributed by atoms with E-state index in [1.54, 1.807) is 6.07 Å². The summed E-state index contributed by atoms with van der Waals surface area (Å²) in [5, 5.41) is 18.9. The fourth-order valence-electron chi connectivity index (χ4n) is 1.09. The van der Waals surface area contributed by atoms with Crippen molar-refractivity contribution in [2.24, 2.45) is 0 Å². The fourth-order valence-corrected chi connectivity index (χ4v) is 2.01. The summed E-state index contributed by atoms with van der Waals surface area (Å²) >= 11 is 0. The van der Waals surface area contributed by atoms with E-state index in [1.165, 1.54) is 12.1 Å². The highest BCUT2D eigenvalue weighted by Gasteiger charge is 2.16. The van der Waals surface area contributed by atoms with Gasteiger partial charge in [-0.2, -0.15) is 5.26 Å². The lowest BCUT2D eigenvalue weighted by atomic mass is 10.4. The number of aromatic nitrogens is 1. The molecule has 1 rings (SSSR count). The molecule has 1 aromatic rings. The Morgan fingerprint density at radius 3 is 2.55 bits per heavy atom. The largest absolute Gasteiger partial charge is 0.480 e. The first kappa shape index (κ1) is 15.5. The predicted molar refractivity (Wildman–Crippen MR) is 64.8 cm³/mol. The van der Waals surface area contributed by atoms with Crippen LogP contribution in [0.5, 0.6) is 0 Å². The summed E-state index contributed by atoms with van der Waals surface area (Å²) in [7, 11) is -3.95. The van der Waals surface area contributed by atoms with Crippen LogP contribution in [0.2, 0.25) is 0 Å². The molecule has 10 heteroatoms. The summed E-state index contributed by atoms with van der Waals surface area (Å²) in [6.07, 6.45) is 0.982. The van der Waals surface area contributed by atoms with Gasteiger partial charge in [-0.15, -0.1) is 0 Å². The molecule has 0 fully saturated rings. The van der Waals surface area contributed by atoms with E-state index in [1.807, 2.05) is 10.0 Å².